The minimum absolute atomic E-state index is 0.0912. The summed E-state index contributed by atoms with van der Waals surface area (Å²) in [6.45, 7) is 4.70. The van der Waals surface area contributed by atoms with Crippen LogP contribution in [0.4, 0.5) is 10.1 Å². The number of nitrogens with zero attached hydrogens (tertiary/aromatic N) is 1. The van der Waals surface area contributed by atoms with E-state index in [1.165, 1.54) is 17.8 Å². The molecule has 0 aliphatic carbocycles. The molecular formula is C23H26FNO4S. The van der Waals surface area contributed by atoms with Crippen molar-refractivity contribution >= 4 is 23.4 Å². The Morgan fingerprint density at radius 2 is 1.83 bits per heavy atom. The van der Waals surface area contributed by atoms with Crippen LogP contribution in [-0.4, -0.2) is 38.9 Å². The standard InChI is InChI=1S/C23H26FNO4S/c1-22(2)21(26)25(3)19-6-5-17(14-20(19)29-22)30-18-12-15(11-16(24)13-18)23(27-4)7-9-28-10-8-23/h5-6,11-14H,7-10H2,1-4H3. The summed E-state index contributed by atoms with van der Waals surface area (Å²) in [5.74, 6) is 0.256. The van der Waals surface area contributed by atoms with E-state index in [0.717, 1.165) is 21.0 Å². The summed E-state index contributed by atoms with van der Waals surface area (Å²) in [6.07, 6.45) is 1.39. The zero-order valence-corrected chi connectivity index (χ0v) is 18.5. The number of hydrogen-bond donors (Lipinski definition) is 0. The average Bonchev–Trinajstić information content (AvgIpc) is 2.72. The van der Waals surface area contributed by atoms with Gasteiger partial charge in [-0.1, -0.05) is 11.8 Å². The Balaban J connectivity index is 1.64. The van der Waals surface area contributed by atoms with E-state index in [9.17, 15) is 9.18 Å². The fourth-order valence-corrected chi connectivity index (χ4v) is 5.01. The van der Waals surface area contributed by atoms with Crippen LogP contribution in [-0.2, 0) is 19.9 Å². The van der Waals surface area contributed by atoms with E-state index in [-0.39, 0.29) is 11.7 Å². The van der Waals surface area contributed by atoms with Crippen molar-refractivity contribution in [3.63, 3.8) is 0 Å². The molecule has 0 aromatic heterocycles. The van der Waals surface area contributed by atoms with Gasteiger partial charge in [-0.05, 0) is 55.8 Å². The molecule has 2 aliphatic rings. The Hall–Kier alpha value is -2.09. The lowest BCUT2D eigenvalue weighted by Crippen LogP contribution is -2.50. The first-order chi connectivity index (χ1) is 14.2. The van der Waals surface area contributed by atoms with Crippen LogP contribution in [0.25, 0.3) is 0 Å². The van der Waals surface area contributed by atoms with Gasteiger partial charge in [-0.25, -0.2) is 4.39 Å². The van der Waals surface area contributed by atoms with Gasteiger partial charge in [0.2, 0.25) is 0 Å². The van der Waals surface area contributed by atoms with E-state index in [1.807, 2.05) is 24.3 Å². The minimum Gasteiger partial charge on any atom is -0.476 e. The number of carbonyl (C=O) groups excluding carboxylic acids is 1. The number of methoxy groups -OCH3 is 1. The zero-order valence-electron chi connectivity index (χ0n) is 17.7. The van der Waals surface area contributed by atoms with Crippen molar-refractivity contribution < 1.29 is 23.4 Å². The van der Waals surface area contributed by atoms with Crippen molar-refractivity contribution in [2.45, 2.75) is 47.7 Å². The molecule has 160 valence electrons. The molecule has 0 saturated carbocycles. The molecule has 4 rings (SSSR count). The molecule has 5 nitrogen and oxygen atoms in total. The lowest BCUT2D eigenvalue weighted by molar-refractivity contribution is -0.132. The second-order valence-corrected chi connectivity index (χ2v) is 9.34. The monoisotopic (exact) mass is 431 g/mol. The molecule has 2 aromatic rings. The van der Waals surface area contributed by atoms with Crippen LogP contribution >= 0.6 is 11.8 Å². The first-order valence-corrected chi connectivity index (χ1v) is 10.8. The largest absolute Gasteiger partial charge is 0.476 e. The highest BCUT2D eigenvalue weighted by molar-refractivity contribution is 7.99. The first-order valence-electron chi connectivity index (χ1n) is 9.97. The Kier molecular flexibility index (Phi) is 5.55. The molecule has 2 heterocycles. The first kappa shape index (κ1) is 21.2. The van der Waals surface area contributed by atoms with Crippen LogP contribution in [0.2, 0.25) is 0 Å². The third-order valence-electron chi connectivity index (χ3n) is 5.80. The van der Waals surface area contributed by atoms with E-state index < -0.39 is 11.2 Å². The number of halogens is 1. The maximum absolute atomic E-state index is 14.5. The summed E-state index contributed by atoms with van der Waals surface area (Å²) >= 11 is 1.45. The summed E-state index contributed by atoms with van der Waals surface area (Å²) in [7, 11) is 3.42. The molecule has 0 atom stereocenters. The number of benzene rings is 2. The number of likely N-dealkylation sites (N-methyl/N-ethyl adjacent to an activating group) is 1. The van der Waals surface area contributed by atoms with Crippen LogP contribution < -0.4 is 9.64 Å². The Bertz CT molecular complexity index is 972. The molecule has 30 heavy (non-hydrogen) atoms. The molecule has 1 saturated heterocycles. The van der Waals surface area contributed by atoms with Crippen LogP contribution in [0.1, 0.15) is 32.3 Å². The van der Waals surface area contributed by atoms with Gasteiger partial charge in [-0.3, -0.25) is 4.79 Å². The number of rotatable bonds is 4. The lowest BCUT2D eigenvalue weighted by atomic mass is 9.86. The highest BCUT2D eigenvalue weighted by atomic mass is 32.2. The van der Waals surface area contributed by atoms with Gasteiger partial charge < -0.3 is 19.1 Å². The second-order valence-electron chi connectivity index (χ2n) is 8.19. The van der Waals surface area contributed by atoms with Crippen LogP contribution in [0.5, 0.6) is 5.75 Å². The van der Waals surface area contributed by atoms with Gasteiger partial charge in [-0.2, -0.15) is 0 Å². The van der Waals surface area contributed by atoms with E-state index in [1.54, 1.807) is 39.0 Å². The van der Waals surface area contributed by atoms with Gasteiger partial charge in [0.15, 0.2) is 5.60 Å². The van der Waals surface area contributed by atoms with Gasteiger partial charge in [0.05, 0.1) is 11.3 Å². The summed E-state index contributed by atoms with van der Waals surface area (Å²) < 4.78 is 31.7. The Morgan fingerprint density at radius 3 is 2.53 bits per heavy atom. The van der Waals surface area contributed by atoms with Crippen molar-refractivity contribution in [2.24, 2.45) is 0 Å². The topological polar surface area (TPSA) is 48.0 Å². The number of ether oxygens (including phenoxy) is 3. The molecule has 0 spiro atoms. The summed E-state index contributed by atoms with van der Waals surface area (Å²) in [6, 6.07) is 10.7. The summed E-state index contributed by atoms with van der Waals surface area (Å²) in [5, 5.41) is 0. The molecule has 2 aromatic carbocycles. The maximum Gasteiger partial charge on any atom is 0.270 e. The zero-order chi connectivity index (χ0) is 21.5. The highest BCUT2D eigenvalue weighted by Gasteiger charge is 2.39. The van der Waals surface area contributed by atoms with Crippen molar-refractivity contribution in [3.05, 3.63) is 47.8 Å². The fraction of sp³-hybridized carbons (Fsp3) is 0.435. The molecular weight excluding hydrogens is 405 g/mol. The Morgan fingerprint density at radius 1 is 1.10 bits per heavy atom. The SMILES string of the molecule is COC1(c2cc(F)cc(Sc3ccc4c(c3)OC(C)(C)C(=O)N4C)c2)CCOCC1. The third kappa shape index (κ3) is 3.82. The molecule has 0 bridgehead atoms. The number of amides is 1. The minimum atomic E-state index is -0.926. The van der Waals surface area contributed by atoms with Crippen molar-refractivity contribution in [2.75, 3.05) is 32.3 Å². The van der Waals surface area contributed by atoms with E-state index in [0.29, 0.717) is 31.8 Å². The predicted molar refractivity (Wildman–Crippen MR) is 114 cm³/mol. The van der Waals surface area contributed by atoms with Crippen LogP contribution in [0.3, 0.4) is 0 Å². The molecule has 1 amide bonds. The lowest BCUT2D eigenvalue weighted by Gasteiger charge is -2.37. The van der Waals surface area contributed by atoms with Crippen LogP contribution in [0, 0.1) is 5.82 Å². The van der Waals surface area contributed by atoms with E-state index >= 15 is 0 Å². The van der Waals surface area contributed by atoms with Gasteiger partial charge in [-0.15, -0.1) is 0 Å². The normalized spacial score (nSPS) is 19.9. The average molecular weight is 432 g/mol. The molecule has 0 radical (unpaired) electrons. The van der Waals surface area contributed by atoms with Crippen LogP contribution in [0.15, 0.2) is 46.2 Å². The summed E-state index contributed by atoms with van der Waals surface area (Å²) in [4.78, 5) is 15.7. The molecule has 7 heteroatoms. The quantitative estimate of drug-likeness (QED) is 0.698. The van der Waals surface area contributed by atoms with E-state index in [2.05, 4.69) is 0 Å². The fourth-order valence-electron chi connectivity index (χ4n) is 4.08. The second kappa shape index (κ2) is 7.87. The van der Waals surface area contributed by atoms with Gasteiger partial charge in [0, 0.05) is 50.0 Å². The number of anilines is 1. The van der Waals surface area contributed by atoms with Crippen molar-refractivity contribution in [1.82, 2.24) is 0 Å². The third-order valence-corrected chi connectivity index (χ3v) is 6.76. The van der Waals surface area contributed by atoms with Crippen molar-refractivity contribution in [3.8, 4) is 5.75 Å². The van der Waals surface area contributed by atoms with E-state index in [4.69, 9.17) is 14.2 Å². The van der Waals surface area contributed by atoms with Gasteiger partial charge in [0.1, 0.15) is 11.6 Å². The molecule has 0 unspecified atom stereocenters. The van der Waals surface area contributed by atoms with Gasteiger partial charge in [0.25, 0.3) is 5.91 Å². The smallest absolute Gasteiger partial charge is 0.270 e. The molecule has 0 N–H and O–H groups in total. The number of hydrogen-bond acceptors (Lipinski definition) is 5. The van der Waals surface area contributed by atoms with Gasteiger partial charge >= 0.3 is 0 Å². The molecule has 2 aliphatic heterocycles. The maximum atomic E-state index is 14.5. The summed E-state index contributed by atoms with van der Waals surface area (Å²) in [5.41, 5.74) is 0.104. The highest BCUT2D eigenvalue weighted by Crippen LogP contribution is 2.42. The Labute approximate surface area is 180 Å². The number of fused-ring (bicyclic) bond motifs is 1. The molecule has 1 fully saturated rings. The predicted octanol–water partition coefficient (Wildman–Crippen LogP) is 4.76. The number of carbonyl (C=O) groups is 1. The van der Waals surface area contributed by atoms with Crippen molar-refractivity contribution in [1.29, 1.82) is 0 Å².